The van der Waals surface area contributed by atoms with Crippen LogP contribution in [0.4, 0.5) is 4.79 Å². The van der Waals surface area contributed by atoms with Gasteiger partial charge in [-0.15, -0.1) is 0 Å². The van der Waals surface area contributed by atoms with Gasteiger partial charge < -0.3 is 4.74 Å². The minimum absolute atomic E-state index is 0.0234. The minimum atomic E-state index is -1.05. The Morgan fingerprint density at radius 1 is 1.04 bits per heavy atom. The highest BCUT2D eigenvalue weighted by molar-refractivity contribution is 6.05. The van der Waals surface area contributed by atoms with Crippen molar-refractivity contribution in [3.8, 4) is 0 Å². The number of fused-ring (bicyclic) bond motifs is 5. The zero-order chi connectivity index (χ0) is 16.0. The van der Waals surface area contributed by atoms with Gasteiger partial charge in [0, 0.05) is 0 Å². The Hall–Kier alpha value is -2.63. The van der Waals surface area contributed by atoms with Crippen molar-refractivity contribution in [3.05, 3.63) is 48.0 Å². The van der Waals surface area contributed by atoms with Crippen molar-refractivity contribution in [2.75, 3.05) is 0 Å². The molecule has 0 spiro atoms. The number of hydroxylamine groups is 2. The molecule has 118 valence electrons. The van der Waals surface area contributed by atoms with Crippen LogP contribution in [-0.4, -0.2) is 23.0 Å². The molecule has 1 aliphatic heterocycles. The molecule has 1 aromatic carbocycles. The number of hydrogen-bond donors (Lipinski definition) is 0. The Morgan fingerprint density at radius 3 is 2.26 bits per heavy atom. The molecular formula is C17H15NO5. The third-order valence-corrected chi connectivity index (χ3v) is 4.80. The fraction of sp³-hybridized carbons (Fsp3) is 0.353. The summed E-state index contributed by atoms with van der Waals surface area (Å²) in [7, 11) is 0. The van der Waals surface area contributed by atoms with E-state index >= 15 is 0 Å². The number of nitrogens with zero attached hydrogens (tertiary/aromatic N) is 1. The van der Waals surface area contributed by atoms with Gasteiger partial charge in [0.05, 0.1) is 11.8 Å². The van der Waals surface area contributed by atoms with Crippen LogP contribution >= 0.6 is 0 Å². The second-order valence-electron chi connectivity index (χ2n) is 6.09. The van der Waals surface area contributed by atoms with Crippen LogP contribution in [0.25, 0.3) is 0 Å². The average Bonchev–Trinajstić information content (AvgIpc) is 3.24. The van der Waals surface area contributed by atoms with E-state index in [0.717, 1.165) is 12.0 Å². The van der Waals surface area contributed by atoms with Crippen LogP contribution in [0.3, 0.4) is 0 Å². The summed E-state index contributed by atoms with van der Waals surface area (Å²) in [6.07, 6.45) is 3.75. The largest absolute Gasteiger partial charge is 0.534 e. The lowest BCUT2D eigenvalue weighted by Gasteiger charge is -2.15. The van der Waals surface area contributed by atoms with Crippen molar-refractivity contribution in [2.45, 2.75) is 13.0 Å². The zero-order valence-corrected chi connectivity index (χ0v) is 12.3. The lowest BCUT2D eigenvalue weighted by Crippen LogP contribution is -2.35. The number of benzene rings is 1. The third kappa shape index (κ3) is 2.21. The van der Waals surface area contributed by atoms with Crippen molar-refractivity contribution in [2.24, 2.45) is 23.7 Å². The number of allylic oxidation sites excluding steroid dienone is 2. The Kier molecular flexibility index (Phi) is 3.18. The highest BCUT2D eigenvalue weighted by Crippen LogP contribution is 2.52. The molecule has 4 rings (SSSR count). The lowest BCUT2D eigenvalue weighted by atomic mass is 9.85. The molecule has 3 aliphatic rings. The van der Waals surface area contributed by atoms with E-state index in [4.69, 9.17) is 9.57 Å². The number of amides is 2. The topological polar surface area (TPSA) is 72.9 Å². The van der Waals surface area contributed by atoms with Gasteiger partial charge in [-0.1, -0.05) is 47.5 Å². The molecule has 1 saturated heterocycles. The number of carbonyl (C=O) groups excluding carboxylic acids is 3. The minimum Gasteiger partial charge on any atom is -0.428 e. The molecule has 0 N–H and O–H groups in total. The second kappa shape index (κ2) is 5.22. The van der Waals surface area contributed by atoms with Gasteiger partial charge in [0.15, 0.2) is 0 Å². The molecule has 2 bridgehead atoms. The molecule has 1 aromatic rings. The van der Waals surface area contributed by atoms with Crippen LogP contribution in [-0.2, 0) is 25.8 Å². The normalized spacial score (nSPS) is 30.7. The van der Waals surface area contributed by atoms with Gasteiger partial charge in [-0.3, -0.25) is 14.4 Å². The molecule has 1 heterocycles. The van der Waals surface area contributed by atoms with E-state index in [1.165, 1.54) is 0 Å². The first-order valence-electron chi connectivity index (χ1n) is 7.60. The van der Waals surface area contributed by atoms with Crippen LogP contribution in [0, 0.1) is 23.7 Å². The monoisotopic (exact) mass is 313 g/mol. The van der Waals surface area contributed by atoms with E-state index in [1.54, 1.807) is 12.1 Å². The summed E-state index contributed by atoms with van der Waals surface area (Å²) < 4.78 is 4.96. The fourth-order valence-corrected chi connectivity index (χ4v) is 3.78. The van der Waals surface area contributed by atoms with E-state index in [0.29, 0.717) is 5.06 Å². The molecule has 2 fully saturated rings. The first-order chi connectivity index (χ1) is 11.1. The highest BCUT2D eigenvalue weighted by atomic mass is 16.8. The third-order valence-electron chi connectivity index (χ3n) is 4.80. The molecule has 6 heteroatoms. The predicted molar refractivity (Wildman–Crippen MR) is 77.3 cm³/mol. The maximum absolute atomic E-state index is 12.3. The number of rotatable bonds is 3. The van der Waals surface area contributed by atoms with Gasteiger partial charge >= 0.3 is 6.16 Å². The van der Waals surface area contributed by atoms with Gasteiger partial charge in [0.2, 0.25) is 0 Å². The van der Waals surface area contributed by atoms with Crippen molar-refractivity contribution < 1.29 is 24.0 Å². The molecule has 4 atom stereocenters. The smallest absolute Gasteiger partial charge is 0.428 e. The molecule has 2 aliphatic carbocycles. The molecule has 23 heavy (non-hydrogen) atoms. The van der Waals surface area contributed by atoms with Crippen molar-refractivity contribution in [1.29, 1.82) is 0 Å². The van der Waals surface area contributed by atoms with E-state index in [2.05, 4.69) is 0 Å². The van der Waals surface area contributed by atoms with Crippen LogP contribution in [0.1, 0.15) is 12.0 Å². The molecule has 2 amide bonds. The number of ether oxygens (including phenoxy) is 1. The van der Waals surface area contributed by atoms with Crippen molar-refractivity contribution in [3.63, 3.8) is 0 Å². The van der Waals surface area contributed by atoms with E-state index < -0.39 is 18.0 Å². The highest BCUT2D eigenvalue weighted by Gasteiger charge is 2.61. The van der Waals surface area contributed by atoms with E-state index in [-0.39, 0.29) is 30.3 Å². The summed E-state index contributed by atoms with van der Waals surface area (Å²) in [4.78, 5) is 41.3. The SMILES string of the molecule is O=C(OCc1ccccc1)ON1C(=O)[C@@H]2[C@H](C1=O)[C@H]1C=C[C@@H]2C1. The molecule has 0 radical (unpaired) electrons. The quantitative estimate of drug-likeness (QED) is 0.485. The zero-order valence-electron chi connectivity index (χ0n) is 12.3. The summed E-state index contributed by atoms with van der Waals surface area (Å²) >= 11 is 0. The number of imide groups is 1. The van der Waals surface area contributed by atoms with Gasteiger partial charge in [0.1, 0.15) is 6.61 Å². The number of carbonyl (C=O) groups is 3. The first kappa shape index (κ1) is 14.0. The predicted octanol–water partition coefficient (Wildman–Crippen LogP) is 2.06. The van der Waals surface area contributed by atoms with E-state index in [1.807, 2.05) is 30.4 Å². The second-order valence-corrected chi connectivity index (χ2v) is 6.09. The molecule has 6 nitrogen and oxygen atoms in total. The van der Waals surface area contributed by atoms with Crippen LogP contribution in [0.15, 0.2) is 42.5 Å². The molecule has 0 unspecified atom stereocenters. The molecule has 0 aromatic heterocycles. The summed E-state index contributed by atoms with van der Waals surface area (Å²) in [6.45, 7) is 0.0234. The first-order valence-corrected chi connectivity index (χ1v) is 7.60. The summed E-state index contributed by atoms with van der Waals surface area (Å²) in [6, 6.07) is 9.09. The van der Waals surface area contributed by atoms with Crippen molar-refractivity contribution in [1.82, 2.24) is 5.06 Å². The van der Waals surface area contributed by atoms with Crippen LogP contribution in [0.5, 0.6) is 0 Å². The van der Waals surface area contributed by atoms with Gasteiger partial charge in [-0.25, -0.2) is 4.79 Å². The Balaban J connectivity index is 1.39. The Morgan fingerprint density at radius 2 is 1.65 bits per heavy atom. The summed E-state index contributed by atoms with van der Waals surface area (Å²) in [5.41, 5.74) is 0.794. The Bertz CT molecular complexity index is 668. The van der Waals surface area contributed by atoms with Gasteiger partial charge in [-0.05, 0) is 23.8 Å². The summed E-state index contributed by atoms with van der Waals surface area (Å²) in [5.74, 6) is -1.49. The van der Waals surface area contributed by atoms with E-state index in [9.17, 15) is 14.4 Å². The van der Waals surface area contributed by atoms with Crippen LogP contribution in [0.2, 0.25) is 0 Å². The fourth-order valence-electron chi connectivity index (χ4n) is 3.78. The standard InChI is InChI=1S/C17H15NO5/c19-15-13-11-6-7-12(8-11)14(13)16(20)18(15)23-17(21)22-9-10-4-2-1-3-5-10/h1-7,11-14H,8-9H2/t11-,12+,13+,14-. The average molecular weight is 313 g/mol. The van der Waals surface area contributed by atoms with Crippen molar-refractivity contribution >= 4 is 18.0 Å². The lowest BCUT2D eigenvalue weighted by molar-refractivity contribution is -0.180. The maximum Gasteiger partial charge on any atom is 0.534 e. The molecule has 1 saturated carbocycles. The summed E-state index contributed by atoms with van der Waals surface area (Å²) in [5, 5.41) is 0.592. The Labute approximate surface area is 132 Å². The number of hydrogen-bond acceptors (Lipinski definition) is 5. The molecular weight excluding hydrogens is 298 g/mol. The van der Waals surface area contributed by atoms with Crippen LogP contribution < -0.4 is 0 Å². The van der Waals surface area contributed by atoms with Gasteiger partial charge in [0.25, 0.3) is 11.8 Å². The van der Waals surface area contributed by atoms with Gasteiger partial charge in [-0.2, -0.15) is 0 Å². The maximum atomic E-state index is 12.3.